The predicted molar refractivity (Wildman–Crippen MR) is 79.5 cm³/mol. The molecule has 0 spiro atoms. The fraction of sp³-hybridized carbons (Fsp3) is 0.250. The molecule has 116 valence electrons. The van der Waals surface area contributed by atoms with Gasteiger partial charge in [-0.3, -0.25) is 4.79 Å². The molecule has 1 heterocycles. The van der Waals surface area contributed by atoms with E-state index in [1.807, 2.05) is 6.92 Å². The third-order valence-electron chi connectivity index (χ3n) is 3.16. The van der Waals surface area contributed by atoms with Crippen LogP contribution in [0.1, 0.15) is 17.3 Å². The second-order valence-electron chi connectivity index (χ2n) is 4.66. The van der Waals surface area contributed by atoms with Gasteiger partial charge < -0.3 is 14.4 Å². The molecule has 1 aromatic carbocycles. The Kier molecular flexibility index (Phi) is 5.06. The third-order valence-corrected chi connectivity index (χ3v) is 3.16. The first-order valence-electron chi connectivity index (χ1n) is 6.84. The number of carboxylic acids is 1. The van der Waals surface area contributed by atoms with Gasteiger partial charge in [0.25, 0.3) is 0 Å². The van der Waals surface area contributed by atoms with Crippen LogP contribution in [0.15, 0.2) is 41.5 Å². The molecule has 0 saturated carbocycles. The van der Waals surface area contributed by atoms with Crippen LogP contribution in [0.2, 0.25) is 0 Å². The monoisotopic (exact) mass is 305 g/mol. The van der Waals surface area contributed by atoms with Gasteiger partial charge in [-0.25, -0.2) is 9.18 Å². The van der Waals surface area contributed by atoms with Crippen LogP contribution in [-0.4, -0.2) is 28.9 Å². The highest BCUT2D eigenvalue weighted by molar-refractivity contribution is 5.88. The molecule has 0 saturated heterocycles. The smallest absolute Gasteiger partial charge is 0.341 e. The van der Waals surface area contributed by atoms with Crippen LogP contribution in [0.25, 0.3) is 11.1 Å². The Bertz CT molecular complexity index is 722. The summed E-state index contributed by atoms with van der Waals surface area (Å²) in [6, 6.07) is 5.36. The second kappa shape index (κ2) is 7.00. The summed E-state index contributed by atoms with van der Waals surface area (Å²) in [7, 11) is 0. The number of carboxylic acid groups (broad SMARTS) is 1. The quantitative estimate of drug-likeness (QED) is 0.832. The first-order valence-corrected chi connectivity index (χ1v) is 6.84. The van der Waals surface area contributed by atoms with Crippen molar-refractivity contribution in [1.29, 1.82) is 0 Å². The number of rotatable bonds is 6. The molecule has 2 rings (SSSR count). The van der Waals surface area contributed by atoms with Crippen LogP contribution in [0, 0.1) is 5.82 Å². The summed E-state index contributed by atoms with van der Waals surface area (Å²) < 4.78 is 19.8. The predicted octanol–water partition coefficient (Wildman–Crippen LogP) is 2.39. The molecular weight excluding hydrogens is 289 g/mol. The summed E-state index contributed by atoms with van der Waals surface area (Å²) in [6.07, 6.45) is 2.84. The van der Waals surface area contributed by atoms with E-state index in [9.17, 15) is 19.1 Å². The summed E-state index contributed by atoms with van der Waals surface area (Å²) in [6.45, 7) is 3.23. The summed E-state index contributed by atoms with van der Waals surface area (Å²) in [5.41, 5.74) is -0.221. The Morgan fingerprint density at radius 2 is 1.95 bits per heavy atom. The minimum Gasteiger partial charge on any atom is -0.477 e. The van der Waals surface area contributed by atoms with Crippen molar-refractivity contribution < 1.29 is 19.0 Å². The van der Waals surface area contributed by atoms with E-state index in [1.54, 1.807) is 10.8 Å². The number of halogens is 1. The molecule has 0 radical (unpaired) electrons. The molecule has 1 N–H and O–H groups in total. The van der Waals surface area contributed by atoms with Crippen molar-refractivity contribution in [2.75, 3.05) is 13.2 Å². The number of carbonyl (C=O) groups is 1. The van der Waals surface area contributed by atoms with Crippen molar-refractivity contribution in [2.45, 2.75) is 13.5 Å². The number of hydrogen-bond donors (Lipinski definition) is 1. The summed E-state index contributed by atoms with van der Waals surface area (Å²) in [5.74, 6) is -1.71. The van der Waals surface area contributed by atoms with Gasteiger partial charge in [-0.15, -0.1) is 0 Å². The van der Waals surface area contributed by atoms with E-state index in [-0.39, 0.29) is 11.1 Å². The topological polar surface area (TPSA) is 68.5 Å². The zero-order valence-corrected chi connectivity index (χ0v) is 12.1. The Balaban J connectivity index is 2.49. The molecular formula is C16H16FNO4. The van der Waals surface area contributed by atoms with Gasteiger partial charge in [-0.05, 0) is 24.6 Å². The molecule has 6 heteroatoms. The van der Waals surface area contributed by atoms with E-state index < -0.39 is 17.2 Å². The van der Waals surface area contributed by atoms with Crippen molar-refractivity contribution >= 4 is 5.97 Å². The zero-order chi connectivity index (χ0) is 16.1. The van der Waals surface area contributed by atoms with E-state index in [1.165, 1.54) is 30.5 Å². The minimum absolute atomic E-state index is 0.219. The zero-order valence-electron chi connectivity index (χ0n) is 12.1. The van der Waals surface area contributed by atoms with Gasteiger partial charge in [0.2, 0.25) is 5.43 Å². The van der Waals surface area contributed by atoms with Gasteiger partial charge >= 0.3 is 5.97 Å². The highest BCUT2D eigenvalue weighted by Crippen LogP contribution is 2.16. The van der Waals surface area contributed by atoms with Crippen LogP contribution in [-0.2, 0) is 11.3 Å². The Labute approximate surface area is 126 Å². The lowest BCUT2D eigenvalue weighted by Gasteiger charge is -2.11. The minimum atomic E-state index is -1.29. The maximum Gasteiger partial charge on any atom is 0.341 e. The van der Waals surface area contributed by atoms with Crippen LogP contribution in [0.3, 0.4) is 0 Å². The van der Waals surface area contributed by atoms with Crippen molar-refractivity contribution in [3.63, 3.8) is 0 Å². The van der Waals surface area contributed by atoms with E-state index >= 15 is 0 Å². The molecule has 0 aliphatic heterocycles. The van der Waals surface area contributed by atoms with E-state index in [0.29, 0.717) is 25.3 Å². The van der Waals surface area contributed by atoms with Gasteiger partial charge in [0.1, 0.15) is 11.4 Å². The SMILES string of the molecule is CCOCCn1cc(C(=O)O)c(=O)c(-c2ccc(F)cc2)c1. The average molecular weight is 305 g/mol. The molecule has 0 bridgehead atoms. The average Bonchev–Trinajstić information content (AvgIpc) is 2.49. The molecule has 0 atom stereocenters. The molecule has 0 aliphatic carbocycles. The van der Waals surface area contributed by atoms with Crippen molar-refractivity contribution in [3.8, 4) is 11.1 Å². The highest BCUT2D eigenvalue weighted by atomic mass is 19.1. The number of benzene rings is 1. The van der Waals surface area contributed by atoms with E-state index in [0.717, 1.165) is 0 Å². The Morgan fingerprint density at radius 1 is 1.27 bits per heavy atom. The lowest BCUT2D eigenvalue weighted by Crippen LogP contribution is -2.20. The number of aromatic nitrogens is 1. The van der Waals surface area contributed by atoms with Gasteiger partial charge in [0.15, 0.2) is 0 Å². The molecule has 0 aliphatic rings. The summed E-state index contributed by atoms with van der Waals surface area (Å²) >= 11 is 0. The van der Waals surface area contributed by atoms with E-state index in [4.69, 9.17) is 4.74 Å². The van der Waals surface area contributed by atoms with Crippen molar-refractivity contribution in [3.05, 3.63) is 58.3 Å². The van der Waals surface area contributed by atoms with E-state index in [2.05, 4.69) is 0 Å². The van der Waals surface area contributed by atoms with Gasteiger partial charge in [0, 0.05) is 31.1 Å². The lowest BCUT2D eigenvalue weighted by molar-refractivity contribution is 0.0694. The molecule has 1 aromatic heterocycles. The van der Waals surface area contributed by atoms with Crippen LogP contribution >= 0.6 is 0 Å². The molecule has 0 fully saturated rings. The van der Waals surface area contributed by atoms with Crippen LogP contribution < -0.4 is 5.43 Å². The molecule has 0 unspecified atom stereocenters. The fourth-order valence-corrected chi connectivity index (χ4v) is 2.06. The molecule has 22 heavy (non-hydrogen) atoms. The number of pyridine rings is 1. The highest BCUT2D eigenvalue weighted by Gasteiger charge is 2.15. The van der Waals surface area contributed by atoms with Gasteiger partial charge in [-0.2, -0.15) is 0 Å². The van der Waals surface area contributed by atoms with Gasteiger partial charge in [0.05, 0.1) is 6.61 Å². The maximum absolute atomic E-state index is 13.0. The summed E-state index contributed by atoms with van der Waals surface area (Å²) in [5, 5.41) is 9.17. The molecule has 2 aromatic rings. The lowest BCUT2D eigenvalue weighted by atomic mass is 10.0. The standard InChI is InChI=1S/C16H16FNO4/c1-2-22-8-7-18-9-13(11-3-5-12(17)6-4-11)15(19)14(10-18)16(20)21/h3-6,9-10H,2,7-8H2,1H3,(H,20,21). The van der Waals surface area contributed by atoms with Gasteiger partial charge in [-0.1, -0.05) is 12.1 Å². The Hall–Kier alpha value is -2.47. The van der Waals surface area contributed by atoms with Crippen molar-refractivity contribution in [2.24, 2.45) is 0 Å². The number of ether oxygens (including phenoxy) is 1. The van der Waals surface area contributed by atoms with Crippen LogP contribution in [0.5, 0.6) is 0 Å². The largest absolute Gasteiger partial charge is 0.477 e. The maximum atomic E-state index is 13.0. The fourth-order valence-electron chi connectivity index (χ4n) is 2.06. The first-order chi connectivity index (χ1) is 10.5. The number of nitrogens with zero attached hydrogens (tertiary/aromatic N) is 1. The number of aromatic carboxylic acids is 1. The Morgan fingerprint density at radius 3 is 2.55 bits per heavy atom. The number of hydrogen-bond acceptors (Lipinski definition) is 3. The third kappa shape index (κ3) is 3.59. The second-order valence-corrected chi connectivity index (χ2v) is 4.66. The van der Waals surface area contributed by atoms with Crippen molar-refractivity contribution in [1.82, 2.24) is 4.57 Å². The molecule has 5 nitrogen and oxygen atoms in total. The molecule has 0 amide bonds. The first kappa shape index (κ1) is 15.9. The van der Waals surface area contributed by atoms with Crippen LogP contribution in [0.4, 0.5) is 4.39 Å². The normalized spacial score (nSPS) is 10.6. The summed E-state index contributed by atoms with van der Waals surface area (Å²) in [4.78, 5) is 23.5.